The summed E-state index contributed by atoms with van der Waals surface area (Å²) in [6.07, 6.45) is 5.53. The van der Waals surface area contributed by atoms with E-state index in [0.717, 1.165) is 67.0 Å². The summed E-state index contributed by atoms with van der Waals surface area (Å²) >= 11 is 0. The molecule has 1 unspecified atom stereocenters. The van der Waals surface area contributed by atoms with E-state index in [1.807, 2.05) is 36.4 Å². The predicted octanol–water partition coefficient (Wildman–Crippen LogP) is 4.38. The summed E-state index contributed by atoms with van der Waals surface area (Å²) in [6, 6.07) is 16.6. The second-order valence-corrected chi connectivity index (χ2v) is 7.34. The molecule has 5 heteroatoms. The number of hydrazone groups is 1. The van der Waals surface area contributed by atoms with Crippen molar-refractivity contribution in [3.05, 3.63) is 54.1 Å². The van der Waals surface area contributed by atoms with Gasteiger partial charge in [-0.1, -0.05) is 24.3 Å². The van der Waals surface area contributed by atoms with Gasteiger partial charge in [-0.15, -0.1) is 0 Å². The van der Waals surface area contributed by atoms with Crippen molar-refractivity contribution >= 4 is 11.4 Å². The molecule has 2 aliphatic heterocycles. The van der Waals surface area contributed by atoms with E-state index in [2.05, 4.69) is 17.1 Å². The van der Waals surface area contributed by atoms with Crippen molar-refractivity contribution in [1.29, 1.82) is 0 Å². The van der Waals surface area contributed by atoms with Crippen LogP contribution in [0.5, 0.6) is 11.5 Å². The Morgan fingerprint density at radius 3 is 2.46 bits per heavy atom. The highest BCUT2D eigenvalue weighted by molar-refractivity contribution is 6.05. The molecule has 0 saturated carbocycles. The van der Waals surface area contributed by atoms with Gasteiger partial charge in [-0.2, -0.15) is 5.10 Å². The van der Waals surface area contributed by atoms with Crippen molar-refractivity contribution in [3.8, 4) is 11.5 Å². The molecule has 5 nitrogen and oxygen atoms in total. The van der Waals surface area contributed by atoms with Crippen molar-refractivity contribution in [3.63, 3.8) is 0 Å². The Morgan fingerprint density at radius 2 is 1.64 bits per heavy atom. The molecule has 2 aliphatic rings. The lowest BCUT2D eigenvalue weighted by Gasteiger charge is -2.25. The number of nitrogens with zero attached hydrogens (tertiary/aromatic N) is 2. The number of rotatable bonds is 4. The van der Waals surface area contributed by atoms with Gasteiger partial charge in [0.2, 0.25) is 0 Å². The highest BCUT2D eigenvalue weighted by Crippen LogP contribution is 2.37. The molecule has 1 atom stereocenters. The zero-order valence-corrected chi connectivity index (χ0v) is 16.2. The fourth-order valence-corrected chi connectivity index (χ4v) is 3.86. The topological polar surface area (TPSA) is 54.3 Å². The normalized spacial score (nSPS) is 19.1. The van der Waals surface area contributed by atoms with Crippen LogP contribution >= 0.6 is 0 Å². The van der Waals surface area contributed by atoms with E-state index in [-0.39, 0.29) is 12.6 Å². The molecule has 0 aromatic heterocycles. The SMILES string of the molecule is OCCCCC1CC2=NN1c1ccccc1OCCCCOc1ccccc12. The van der Waals surface area contributed by atoms with Gasteiger partial charge in [0, 0.05) is 18.6 Å². The third-order valence-corrected chi connectivity index (χ3v) is 5.31. The van der Waals surface area contributed by atoms with Gasteiger partial charge in [0.1, 0.15) is 17.2 Å². The van der Waals surface area contributed by atoms with Crippen LogP contribution in [-0.4, -0.2) is 36.7 Å². The first-order valence-electron chi connectivity index (χ1n) is 10.3. The largest absolute Gasteiger partial charge is 0.493 e. The lowest BCUT2D eigenvalue weighted by molar-refractivity contribution is 0.266. The average molecular weight is 380 g/mol. The van der Waals surface area contributed by atoms with Gasteiger partial charge in [-0.05, 0) is 56.4 Å². The molecule has 0 saturated heterocycles. The standard InChI is InChI=1S/C23H28N2O3/c26-14-6-5-9-18-17-20-19-10-1-3-12-22(19)27-15-7-8-16-28-23-13-4-2-11-21(23)25(18)24-20/h1-4,10-13,18,26H,5-9,14-17H2. The number of para-hydroxylation sites is 3. The number of aliphatic hydroxyl groups is 1. The van der Waals surface area contributed by atoms with Crippen LogP contribution in [0.1, 0.15) is 44.1 Å². The Kier molecular flexibility index (Phi) is 6.12. The molecule has 0 radical (unpaired) electrons. The number of hydrogen-bond acceptors (Lipinski definition) is 5. The number of unbranched alkanes of at least 4 members (excludes halogenated alkanes) is 1. The van der Waals surface area contributed by atoms with Crippen LogP contribution in [0.4, 0.5) is 5.69 Å². The molecule has 148 valence electrons. The number of ether oxygens (including phenoxy) is 2. The molecule has 28 heavy (non-hydrogen) atoms. The minimum absolute atomic E-state index is 0.233. The Bertz CT molecular complexity index is 821. The molecular formula is C23H28N2O3. The molecule has 0 aliphatic carbocycles. The molecule has 0 amide bonds. The average Bonchev–Trinajstić information content (AvgIpc) is 3.15. The molecule has 0 spiro atoms. The molecule has 2 bridgehead atoms. The van der Waals surface area contributed by atoms with Crippen LogP contribution in [0.15, 0.2) is 53.6 Å². The highest BCUT2D eigenvalue weighted by Gasteiger charge is 2.31. The van der Waals surface area contributed by atoms with Crippen molar-refractivity contribution < 1.29 is 14.6 Å². The summed E-state index contributed by atoms with van der Waals surface area (Å²) in [6.45, 7) is 1.58. The third kappa shape index (κ3) is 4.14. The maximum Gasteiger partial charge on any atom is 0.144 e. The first kappa shape index (κ1) is 18.8. The summed E-state index contributed by atoms with van der Waals surface area (Å²) in [7, 11) is 0. The number of hydrogen-bond donors (Lipinski definition) is 1. The maximum absolute atomic E-state index is 9.19. The smallest absolute Gasteiger partial charge is 0.144 e. The first-order chi connectivity index (χ1) is 13.9. The summed E-state index contributed by atoms with van der Waals surface area (Å²) in [5.74, 6) is 1.79. The Labute approximate surface area is 166 Å². The molecular weight excluding hydrogens is 352 g/mol. The van der Waals surface area contributed by atoms with E-state index in [0.29, 0.717) is 13.2 Å². The van der Waals surface area contributed by atoms with Crippen molar-refractivity contribution in [2.45, 2.75) is 44.6 Å². The summed E-state index contributed by atoms with van der Waals surface area (Å²) < 4.78 is 12.2. The third-order valence-electron chi connectivity index (χ3n) is 5.31. The van der Waals surface area contributed by atoms with Crippen LogP contribution in [0, 0.1) is 0 Å². The van der Waals surface area contributed by atoms with Gasteiger partial charge >= 0.3 is 0 Å². The van der Waals surface area contributed by atoms with Gasteiger partial charge < -0.3 is 14.6 Å². The fraction of sp³-hybridized carbons (Fsp3) is 0.435. The molecule has 1 N–H and O–H groups in total. The molecule has 0 fully saturated rings. The Morgan fingerprint density at radius 1 is 0.929 bits per heavy atom. The Hall–Kier alpha value is -2.53. The van der Waals surface area contributed by atoms with E-state index < -0.39 is 0 Å². The van der Waals surface area contributed by atoms with E-state index in [1.54, 1.807) is 0 Å². The van der Waals surface area contributed by atoms with Crippen molar-refractivity contribution in [1.82, 2.24) is 0 Å². The van der Waals surface area contributed by atoms with E-state index in [9.17, 15) is 5.11 Å². The number of benzene rings is 2. The lowest BCUT2D eigenvalue weighted by Crippen LogP contribution is -2.27. The van der Waals surface area contributed by atoms with E-state index in [1.165, 1.54) is 0 Å². The zero-order valence-electron chi connectivity index (χ0n) is 16.2. The summed E-state index contributed by atoms with van der Waals surface area (Å²) in [5, 5.41) is 16.3. The van der Waals surface area contributed by atoms with Gasteiger partial charge in [0.15, 0.2) is 0 Å². The number of anilines is 1. The highest BCUT2D eigenvalue weighted by atomic mass is 16.5. The van der Waals surface area contributed by atoms with E-state index in [4.69, 9.17) is 14.6 Å². The van der Waals surface area contributed by atoms with Crippen molar-refractivity contribution in [2.75, 3.05) is 24.8 Å². The second kappa shape index (κ2) is 9.11. The van der Waals surface area contributed by atoms with Crippen LogP contribution < -0.4 is 14.5 Å². The van der Waals surface area contributed by atoms with Gasteiger partial charge in [0.05, 0.1) is 25.0 Å². The Balaban J connectivity index is 1.72. The minimum Gasteiger partial charge on any atom is -0.493 e. The maximum atomic E-state index is 9.19. The number of aliphatic hydroxyl groups excluding tert-OH is 1. The second-order valence-electron chi connectivity index (χ2n) is 7.34. The molecule has 2 heterocycles. The molecule has 2 aromatic carbocycles. The van der Waals surface area contributed by atoms with Crippen LogP contribution in [0.3, 0.4) is 0 Å². The fourth-order valence-electron chi connectivity index (χ4n) is 3.86. The molecule has 4 rings (SSSR count). The van der Waals surface area contributed by atoms with E-state index >= 15 is 0 Å². The minimum atomic E-state index is 0.233. The monoisotopic (exact) mass is 380 g/mol. The van der Waals surface area contributed by atoms with Crippen LogP contribution in [0.2, 0.25) is 0 Å². The first-order valence-corrected chi connectivity index (χ1v) is 10.3. The summed E-state index contributed by atoms with van der Waals surface area (Å²) in [5.41, 5.74) is 3.15. The van der Waals surface area contributed by atoms with Crippen molar-refractivity contribution in [2.24, 2.45) is 5.10 Å². The van der Waals surface area contributed by atoms with Gasteiger partial charge in [0.25, 0.3) is 0 Å². The number of fused-ring (bicyclic) bond motifs is 5. The van der Waals surface area contributed by atoms with Crippen LogP contribution in [0.25, 0.3) is 0 Å². The lowest BCUT2D eigenvalue weighted by atomic mass is 9.99. The summed E-state index contributed by atoms with van der Waals surface area (Å²) in [4.78, 5) is 0. The van der Waals surface area contributed by atoms with Gasteiger partial charge in [-0.3, -0.25) is 5.01 Å². The van der Waals surface area contributed by atoms with Gasteiger partial charge in [-0.25, -0.2) is 0 Å². The van der Waals surface area contributed by atoms with Crippen LogP contribution in [-0.2, 0) is 0 Å². The predicted molar refractivity (Wildman–Crippen MR) is 111 cm³/mol. The quantitative estimate of drug-likeness (QED) is 0.800. The molecule has 2 aromatic rings. The zero-order chi connectivity index (χ0) is 19.2.